The summed E-state index contributed by atoms with van der Waals surface area (Å²) in [5.74, 6) is -0.616. The Morgan fingerprint density at radius 3 is 2.18 bits per heavy atom. The zero-order chi connectivity index (χ0) is 25.5. The van der Waals surface area contributed by atoms with Crippen molar-refractivity contribution in [2.45, 2.75) is 70.7 Å². The molecule has 0 amide bonds. The number of carbonyl (C=O) groups is 2. The first-order chi connectivity index (χ1) is 15.6. The summed E-state index contributed by atoms with van der Waals surface area (Å²) < 4.78 is 40.8. The van der Waals surface area contributed by atoms with Crippen LogP contribution in [0.25, 0.3) is 0 Å². The second-order valence-corrected chi connectivity index (χ2v) is 11.1. The molecule has 0 aromatic heterocycles. The number of carbonyl (C=O) groups excluding carboxylic acids is 2. The Morgan fingerprint density at radius 1 is 1.03 bits per heavy atom. The topological polar surface area (TPSA) is 122 Å². The molecule has 8 nitrogen and oxygen atoms in total. The van der Waals surface area contributed by atoms with E-state index in [4.69, 9.17) is 19.2 Å². The van der Waals surface area contributed by atoms with Gasteiger partial charge in [0.1, 0.15) is 6.61 Å². The van der Waals surface area contributed by atoms with Gasteiger partial charge in [0.25, 0.3) is 0 Å². The molecule has 0 spiro atoms. The van der Waals surface area contributed by atoms with Crippen molar-refractivity contribution in [2.24, 2.45) is 5.14 Å². The van der Waals surface area contributed by atoms with E-state index in [1.54, 1.807) is 37.3 Å². The third kappa shape index (κ3) is 5.57. The van der Waals surface area contributed by atoms with Crippen LogP contribution in [0.1, 0.15) is 61.7 Å². The van der Waals surface area contributed by atoms with Gasteiger partial charge in [-0.25, -0.2) is 13.6 Å². The molecule has 0 aliphatic carbocycles. The van der Waals surface area contributed by atoms with E-state index in [2.05, 4.69) is 0 Å². The molecule has 1 saturated heterocycles. The average molecular weight is 487 g/mol. The van der Waals surface area contributed by atoms with Crippen molar-refractivity contribution in [2.75, 3.05) is 0 Å². The Balaban J connectivity index is 1.89. The fraction of sp³-hybridized carbons (Fsp3) is 0.417. The first kappa shape index (κ1) is 26.1. The lowest BCUT2D eigenvalue weighted by molar-refractivity contribution is -0.142. The van der Waals surface area contributed by atoms with Crippen molar-refractivity contribution in [1.29, 1.82) is 0 Å². The van der Waals surface area contributed by atoms with Crippen LogP contribution >= 0.6 is 0 Å². The van der Waals surface area contributed by atoms with Gasteiger partial charge in [0.05, 0.1) is 16.1 Å². The molecular weight excluding hydrogens is 457 g/mol. The third-order valence-corrected chi connectivity index (χ3v) is 7.38. The average Bonchev–Trinajstić information content (AvgIpc) is 2.92. The van der Waals surface area contributed by atoms with Gasteiger partial charge in [-0.1, -0.05) is 24.3 Å². The van der Waals surface area contributed by atoms with Gasteiger partial charge < -0.3 is 14.0 Å². The second kappa shape index (κ2) is 9.26. The molecule has 1 aliphatic rings. The monoisotopic (exact) mass is 487 g/mol. The Hall–Kier alpha value is -2.53. The molecule has 34 heavy (non-hydrogen) atoms. The van der Waals surface area contributed by atoms with Crippen molar-refractivity contribution < 1.29 is 32.1 Å². The number of aryl methyl sites for hydroxylation is 1. The highest BCUT2D eigenvalue weighted by Gasteiger charge is 2.52. The van der Waals surface area contributed by atoms with Crippen molar-refractivity contribution in [3.05, 3.63) is 58.7 Å². The van der Waals surface area contributed by atoms with Crippen LogP contribution in [0.5, 0.6) is 0 Å². The van der Waals surface area contributed by atoms with Crippen LogP contribution in [0.3, 0.4) is 0 Å². The molecule has 2 aromatic rings. The van der Waals surface area contributed by atoms with Gasteiger partial charge in [-0.2, -0.15) is 0 Å². The highest BCUT2D eigenvalue weighted by atomic mass is 32.2. The standard InChI is InChI=1S/C24H30BNO7S/c1-15-11-17(7-10-22(15)34(26,29)30)12-21(28)18-8-9-20(19(13-18)14-31-16(2)27)25-32-23(3,4)24(5,6)33-25/h7-11,13H,12,14H2,1-6H3,(H2,26,29,30). The summed E-state index contributed by atoms with van der Waals surface area (Å²) in [5, 5.41) is 5.21. The second-order valence-electron chi connectivity index (χ2n) is 9.53. The van der Waals surface area contributed by atoms with E-state index in [-0.39, 0.29) is 23.7 Å². The Bertz CT molecular complexity index is 1220. The number of benzene rings is 2. The lowest BCUT2D eigenvalue weighted by Gasteiger charge is -2.32. The number of ether oxygens (including phenoxy) is 1. The smallest absolute Gasteiger partial charge is 0.461 e. The van der Waals surface area contributed by atoms with E-state index < -0.39 is 34.3 Å². The zero-order valence-corrected chi connectivity index (χ0v) is 21.1. The first-order valence-electron chi connectivity index (χ1n) is 10.9. The fourth-order valence-corrected chi connectivity index (χ4v) is 4.48. The van der Waals surface area contributed by atoms with Crippen LogP contribution in [0.4, 0.5) is 0 Å². The number of Topliss-reactive ketones (excluding diaryl/α,β-unsaturated/α-hetero) is 1. The van der Waals surface area contributed by atoms with Crippen LogP contribution in [-0.2, 0) is 41.9 Å². The van der Waals surface area contributed by atoms with Crippen molar-refractivity contribution in [3.63, 3.8) is 0 Å². The molecule has 1 fully saturated rings. The van der Waals surface area contributed by atoms with E-state index >= 15 is 0 Å². The molecule has 3 rings (SSSR count). The minimum Gasteiger partial charge on any atom is -0.461 e. The Morgan fingerprint density at radius 2 is 1.65 bits per heavy atom. The van der Waals surface area contributed by atoms with Crippen LogP contribution in [0, 0.1) is 6.92 Å². The summed E-state index contributed by atoms with van der Waals surface area (Å²) in [6, 6.07) is 9.73. The van der Waals surface area contributed by atoms with Crippen molar-refractivity contribution in [3.8, 4) is 0 Å². The molecule has 0 unspecified atom stereocenters. The highest BCUT2D eigenvalue weighted by molar-refractivity contribution is 7.89. The number of esters is 1. The van der Waals surface area contributed by atoms with Gasteiger partial charge in [-0.15, -0.1) is 0 Å². The van der Waals surface area contributed by atoms with Crippen molar-refractivity contribution >= 4 is 34.4 Å². The largest absolute Gasteiger partial charge is 0.495 e. The maximum atomic E-state index is 13.0. The molecule has 10 heteroatoms. The summed E-state index contributed by atoms with van der Waals surface area (Å²) in [7, 11) is -4.50. The third-order valence-electron chi connectivity index (χ3n) is 6.31. The summed E-state index contributed by atoms with van der Waals surface area (Å²) >= 11 is 0. The minimum atomic E-state index is -3.83. The predicted molar refractivity (Wildman–Crippen MR) is 128 cm³/mol. The van der Waals surface area contributed by atoms with E-state index in [0.717, 1.165) is 0 Å². The van der Waals surface area contributed by atoms with Crippen LogP contribution in [0.2, 0.25) is 0 Å². The fourth-order valence-electron chi connectivity index (χ4n) is 3.71. The van der Waals surface area contributed by atoms with Crippen LogP contribution in [-0.4, -0.2) is 38.5 Å². The Kier molecular flexibility index (Phi) is 7.10. The molecule has 0 atom stereocenters. The van der Waals surface area contributed by atoms with Crippen LogP contribution < -0.4 is 10.6 Å². The van der Waals surface area contributed by atoms with Gasteiger partial charge in [-0.05, 0) is 68.9 Å². The van der Waals surface area contributed by atoms with E-state index in [1.165, 1.54) is 13.0 Å². The van der Waals surface area contributed by atoms with E-state index in [0.29, 0.717) is 27.7 Å². The number of nitrogens with two attached hydrogens (primary N) is 1. The molecular formula is C24H30BNO7S. The number of hydrogen-bond acceptors (Lipinski definition) is 7. The molecule has 2 N–H and O–H groups in total. The molecule has 0 bridgehead atoms. The molecule has 2 aromatic carbocycles. The molecule has 0 saturated carbocycles. The van der Waals surface area contributed by atoms with E-state index in [1.807, 2.05) is 27.7 Å². The molecule has 1 aliphatic heterocycles. The maximum Gasteiger partial charge on any atom is 0.495 e. The predicted octanol–water partition coefficient (Wildman–Crippen LogP) is 2.43. The van der Waals surface area contributed by atoms with Gasteiger partial charge in [0.15, 0.2) is 5.78 Å². The number of hydrogen-bond donors (Lipinski definition) is 1. The normalized spacial score (nSPS) is 17.0. The number of sulfonamides is 1. The zero-order valence-electron chi connectivity index (χ0n) is 20.3. The lowest BCUT2D eigenvalue weighted by Crippen LogP contribution is -2.41. The first-order valence-corrected chi connectivity index (χ1v) is 12.4. The van der Waals surface area contributed by atoms with Gasteiger partial charge in [0, 0.05) is 18.9 Å². The SMILES string of the molecule is CC(=O)OCc1cc(C(=O)Cc2ccc(S(N)(=O)=O)c(C)c2)ccc1B1OC(C)(C)C(C)(C)O1. The maximum absolute atomic E-state index is 13.0. The number of rotatable bonds is 7. The highest BCUT2D eigenvalue weighted by Crippen LogP contribution is 2.36. The van der Waals surface area contributed by atoms with Gasteiger partial charge in [0.2, 0.25) is 10.0 Å². The summed E-state index contributed by atoms with van der Waals surface area (Å²) in [6.45, 7) is 10.7. The summed E-state index contributed by atoms with van der Waals surface area (Å²) in [4.78, 5) is 24.5. The van der Waals surface area contributed by atoms with Gasteiger partial charge >= 0.3 is 13.1 Å². The lowest BCUT2D eigenvalue weighted by atomic mass is 9.75. The van der Waals surface area contributed by atoms with Crippen molar-refractivity contribution in [1.82, 2.24) is 0 Å². The minimum absolute atomic E-state index is 0.0270. The number of ketones is 1. The molecule has 1 heterocycles. The molecule has 0 radical (unpaired) electrons. The Labute approximate surface area is 201 Å². The quantitative estimate of drug-likeness (QED) is 0.362. The van der Waals surface area contributed by atoms with Gasteiger partial charge in [-0.3, -0.25) is 9.59 Å². The van der Waals surface area contributed by atoms with Crippen LogP contribution in [0.15, 0.2) is 41.3 Å². The number of primary sulfonamides is 1. The van der Waals surface area contributed by atoms with E-state index in [9.17, 15) is 18.0 Å². The summed E-state index contributed by atoms with van der Waals surface area (Å²) in [6.07, 6.45) is 0.0641. The molecule has 182 valence electrons. The summed E-state index contributed by atoms with van der Waals surface area (Å²) in [5.41, 5.74) is 1.75.